The predicted molar refractivity (Wildman–Crippen MR) is 256 cm³/mol. The zero-order chi connectivity index (χ0) is 41.0. The Kier molecular flexibility index (Phi) is 7.14. The number of benzene rings is 7. The lowest BCUT2D eigenvalue weighted by Crippen LogP contribution is -2.56. The van der Waals surface area contributed by atoms with Crippen LogP contribution in [0, 0.1) is 0 Å². The van der Waals surface area contributed by atoms with Crippen molar-refractivity contribution in [1.82, 2.24) is 9.05 Å². The maximum Gasteiger partial charge on any atom is 0.375 e. The summed E-state index contributed by atoms with van der Waals surface area (Å²) in [5.74, 6) is 0.318. The standard InChI is InChI=1S/C55H48BN3O/c1-32(2)33-28-40-42-31-41-38-18-12-14-20-44(38)57(36-16-10-9-11-17-36)50(41)48-43-30-35(55(6,7)8)24-27-45(43)59(51(42)48)56-49(40)46(29-33)58(37-25-22-34(23-26-37)54(3,4)5)52-39-19-13-15-21-47(39)60-53(52)56/h9-32H,1-8H3. The van der Waals surface area contributed by atoms with Crippen molar-refractivity contribution in [2.75, 3.05) is 4.90 Å². The van der Waals surface area contributed by atoms with Gasteiger partial charge in [-0.1, -0.05) is 128 Å². The van der Waals surface area contributed by atoms with Crippen molar-refractivity contribution in [2.24, 2.45) is 0 Å². The van der Waals surface area contributed by atoms with Crippen LogP contribution in [0.15, 0.2) is 144 Å². The van der Waals surface area contributed by atoms with Crippen molar-refractivity contribution in [3.05, 3.63) is 156 Å². The molecule has 292 valence electrons. The van der Waals surface area contributed by atoms with Crippen LogP contribution in [0.1, 0.15) is 78.0 Å². The summed E-state index contributed by atoms with van der Waals surface area (Å²) in [6.45, 7) is 18.3. The Labute approximate surface area is 351 Å². The maximum absolute atomic E-state index is 7.25. The maximum atomic E-state index is 7.25. The van der Waals surface area contributed by atoms with Gasteiger partial charge in [-0.15, -0.1) is 0 Å². The summed E-state index contributed by atoms with van der Waals surface area (Å²) in [5.41, 5.74) is 19.3. The Balaban J connectivity index is 1.30. The molecule has 0 fully saturated rings. The van der Waals surface area contributed by atoms with Crippen LogP contribution in [-0.2, 0) is 10.8 Å². The molecule has 60 heavy (non-hydrogen) atoms. The van der Waals surface area contributed by atoms with Gasteiger partial charge in [0.1, 0.15) is 11.2 Å². The van der Waals surface area contributed by atoms with Gasteiger partial charge in [-0.25, -0.2) is 0 Å². The monoisotopic (exact) mass is 777 g/mol. The van der Waals surface area contributed by atoms with Crippen LogP contribution in [-0.4, -0.2) is 15.9 Å². The molecule has 12 rings (SSSR count). The average molecular weight is 778 g/mol. The van der Waals surface area contributed by atoms with Gasteiger partial charge in [0.05, 0.1) is 16.7 Å². The lowest BCUT2D eigenvalue weighted by Gasteiger charge is -2.39. The van der Waals surface area contributed by atoms with E-state index < -0.39 is 0 Å². The highest BCUT2D eigenvalue weighted by molar-refractivity contribution is 6.89. The van der Waals surface area contributed by atoms with E-state index in [4.69, 9.17) is 4.42 Å². The van der Waals surface area contributed by atoms with Gasteiger partial charge in [0, 0.05) is 60.6 Å². The van der Waals surface area contributed by atoms with E-state index >= 15 is 0 Å². The molecular weight excluding hydrogens is 729 g/mol. The molecule has 0 unspecified atom stereocenters. The third-order valence-electron chi connectivity index (χ3n) is 13.5. The topological polar surface area (TPSA) is 26.2 Å². The van der Waals surface area contributed by atoms with E-state index in [0.29, 0.717) is 5.92 Å². The summed E-state index contributed by atoms with van der Waals surface area (Å²) < 4.78 is 12.4. The molecule has 3 aromatic heterocycles. The van der Waals surface area contributed by atoms with Crippen molar-refractivity contribution >= 4 is 89.6 Å². The molecule has 7 aromatic carbocycles. The second-order valence-electron chi connectivity index (χ2n) is 19.6. The fraction of sp³-hybridized carbons (Fsp3) is 0.200. The van der Waals surface area contributed by atoms with Gasteiger partial charge in [-0.3, -0.25) is 0 Å². The number of furan rings is 1. The van der Waals surface area contributed by atoms with Gasteiger partial charge >= 0.3 is 6.85 Å². The van der Waals surface area contributed by atoms with Gasteiger partial charge in [-0.2, -0.15) is 0 Å². The summed E-state index contributed by atoms with van der Waals surface area (Å²) in [5, 5.41) is 6.24. The summed E-state index contributed by atoms with van der Waals surface area (Å²) >= 11 is 0. The number of aromatic nitrogens is 2. The minimum absolute atomic E-state index is 0.0340. The molecule has 5 heteroatoms. The van der Waals surface area contributed by atoms with Crippen LogP contribution < -0.4 is 16.0 Å². The average Bonchev–Trinajstić information content (AvgIpc) is 3.90. The number of anilines is 3. The third-order valence-corrected chi connectivity index (χ3v) is 13.5. The summed E-state index contributed by atoms with van der Waals surface area (Å²) in [4.78, 5) is 2.51. The van der Waals surface area contributed by atoms with E-state index in [1.807, 2.05) is 0 Å². The Morgan fingerprint density at radius 2 is 1.23 bits per heavy atom. The molecule has 0 aliphatic carbocycles. The minimum Gasteiger partial charge on any atom is -0.466 e. The smallest absolute Gasteiger partial charge is 0.375 e. The molecule has 0 amide bonds. The van der Waals surface area contributed by atoms with Crippen LogP contribution in [0.2, 0.25) is 0 Å². The molecule has 0 saturated heterocycles. The molecule has 0 radical (unpaired) electrons. The van der Waals surface area contributed by atoms with E-state index in [0.717, 1.165) is 33.7 Å². The zero-order valence-corrected chi connectivity index (χ0v) is 35.7. The predicted octanol–water partition coefficient (Wildman–Crippen LogP) is 13.8. The molecule has 4 nitrogen and oxygen atoms in total. The SMILES string of the molecule is CC(C)c1cc2c3c(c1)N(c1ccc(C(C)(C)C)cc1)c1c(oc4ccccc14)B3n1c3ccc(C(C)(C)C)cc3c3c1c-2cc1c2ccccc2n(-c2ccccc2)c13. The lowest BCUT2D eigenvalue weighted by molar-refractivity contribution is 0.590. The normalized spacial score (nSPS) is 13.8. The van der Waals surface area contributed by atoms with Gasteiger partial charge in [0.2, 0.25) is 0 Å². The van der Waals surface area contributed by atoms with E-state index in [1.165, 1.54) is 82.6 Å². The highest BCUT2D eigenvalue weighted by atomic mass is 16.3. The third kappa shape index (κ3) is 4.75. The molecule has 2 aliphatic heterocycles. The van der Waals surface area contributed by atoms with E-state index in [1.54, 1.807) is 0 Å². The number of hydrogen-bond donors (Lipinski definition) is 0. The van der Waals surface area contributed by atoms with Crippen LogP contribution in [0.25, 0.3) is 71.4 Å². The summed E-state index contributed by atoms with van der Waals surface area (Å²) in [7, 11) is 0. The highest BCUT2D eigenvalue weighted by Crippen LogP contribution is 2.51. The first-order valence-electron chi connectivity index (χ1n) is 21.6. The number of para-hydroxylation sites is 3. The first-order valence-corrected chi connectivity index (χ1v) is 21.6. The Morgan fingerprint density at radius 1 is 0.550 bits per heavy atom. The molecule has 0 atom stereocenters. The second-order valence-corrected chi connectivity index (χ2v) is 19.6. The van der Waals surface area contributed by atoms with Gasteiger partial charge in [0.15, 0.2) is 0 Å². The minimum atomic E-state index is -0.191. The van der Waals surface area contributed by atoms with Crippen molar-refractivity contribution in [1.29, 1.82) is 0 Å². The van der Waals surface area contributed by atoms with E-state index in [9.17, 15) is 0 Å². The molecular formula is C55H48BN3O. The molecule has 0 spiro atoms. The van der Waals surface area contributed by atoms with Crippen molar-refractivity contribution < 1.29 is 4.42 Å². The van der Waals surface area contributed by atoms with Crippen LogP contribution >= 0.6 is 0 Å². The number of hydrogen-bond acceptors (Lipinski definition) is 2. The molecule has 0 saturated carbocycles. The van der Waals surface area contributed by atoms with Crippen molar-refractivity contribution in [3.63, 3.8) is 0 Å². The molecule has 5 heterocycles. The van der Waals surface area contributed by atoms with Crippen LogP contribution in [0.4, 0.5) is 17.1 Å². The van der Waals surface area contributed by atoms with Gasteiger partial charge < -0.3 is 18.4 Å². The summed E-state index contributed by atoms with van der Waals surface area (Å²) in [6, 6.07) is 52.5. The number of fused-ring (bicyclic) bond motifs is 13. The van der Waals surface area contributed by atoms with E-state index in [-0.39, 0.29) is 17.7 Å². The first-order chi connectivity index (χ1) is 28.9. The molecule has 2 aliphatic rings. The van der Waals surface area contributed by atoms with E-state index in [2.05, 4.69) is 209 Å². The zero-order valence-electron chi connectivity index (χ0n) is 35.7. The quantitative estimate of drug-likeness (QED) is 0.167. The fourth-order valence-corrected chi connectivity index (χ4v) is 10.5. The van der Waals surface area contributed by atoms with Crippen molar-refractivity contribution in [2.45, 2.75) is 72.1 Å². The number of nitrogens with zero attached hydrogens (tertiary/aromatic N) is 3. The molecule has 10 aromatic rings. The fourth-order valence-electron chi connectivity index (χ4n) is 10.5. The van der Waals surface area contributed by atoms with Crippen molar-refractivity contribution in [3.8, 4) is 16.8 Å². The molecule has 0 bridgehead atoms. The molecule has 0 N–H and O–H groups in total. The highest BCUT2D eigenvalue weighted by Gasteiger charge is 2.47. The Bertz CT molecular complexity index is 3420. The first kappa shape index (κ1) is 35.5. The van der Waals surface area contributed by atoms with Gasteiger partial charge in [-0.05, 0) is 111 Å². The Morgan fingerprint density at radius 3 is 1.97 bits per heavy atom. The van der Waals surface area contributed by atoms with Gasteiger partial charge in [0.25, 0.3) is 0 Å². The summed E-state index contributed by atoms with van der Waals surface area (Å²) in [6.07, 6.45) is 0. The second kappa shape index (κ2) is 12.1. The number of rotatable bonds is 3. The van der Waals surface area contributed by atoms with Crippen LogP contribution in [0.3, 0.4) is 0 Å². The van der Waals surface area contributed by atoms with Crippen LogP contribution in [0.5, 0.6) is 0 Å². The Hall–Kier alpha value is -6.46. The largest absolute Gasteiger partial charge is 0.466 e. The lowest BCUT2D eigenvalue weighted by atomic mass is 9.47.